The van der Waals surface area contributed by atoms with Crippen molar-refractivity contribution in [1.29, 1.82) is 0 Å². The molecule has 0 aliphatic carbocycles. The fourth-order valence-corrected chi connectivity index (χ4v) is 3.87. The smallest absolute Gasteiger partial charge is 0.339 e. The van der Waals surface area contributed by atoms with E-state index < -0.39 is 39.2 Å². The Kier molecular flexibility index (Phi) is 5.84. The highest BCUT2D eigenvalue weighted by atomic mass is 32.2. The molecule has 0 spiro atoms. The second kappa shape index (κ2) is 8.19. The van der Waals surface area contributed by atoms with E-state index >= 15 is 0 Å². The summed E-state index contributed by atoms with van der Waals surface area (Å²) in [6.45, 7) is 3.39. The lowest BCUT2D eigenvalue weighted by molar-refractivity contribution is 0.102. The topological polar surface area (TPSA) is 72.5 Å². The molecule has 1 amide bonds. The maximum atomic E-state index is 13.7. The number of hydrogen-bond acceptors (Lipinski definition) is 4. The van der Waals surface area contributed by atoms with E-state index in [1.807, 2.05) is 0 Å². The van der Waals surface area contributed by atoms with E-state index in [1.165, 1.54) is 30.3 Å². The first-order valence-electron chi connectivity index (χ1n) is 8.65. The highest BCUT2D eigenvalue weighted by Gasteiger charge is 2.20. The van der Waals surface area contributed by atoms with Gasteiger partial charge in [0.1, 0.15) is 10.6 Å². The van der Waals surface area contributed by atoms with Gasteiger partial charge in [0.2, 0.25) is 0 Å². The number of rotatable bonds is 5. The molecule has 3 rings (SSSR count). The Morgan fingerprint density at radius 2 is 1.57 bits per heavy atom. The lowest BCUT2D eigenvalue weighted by Gasteiger charge is -2.11. The summed E-state index contributed by atoms with van der Waals surface area (Å²) in [5, 5.41) is 2.12. The SMILES string of the molecule is Cc1ccc(C)c(S(=O)(=O)Oc2ccc(C(=O)Nc3ccc(F)c(F)c3F)cc2)c1. The highest BCUT2D eigenvalue weighted by Crippen LogP contribution is 2.24. The number of benzene rings is 3. The molecule has 0 saturated heterocycles. The lowest BCUT2D eigenvalue weighted by Crippen LogP contribution is -2.14. The van der Waals surface area contributed by atoms with Crippen molar-refractivity contribution in [2.24, 2.45) is 0 Å². The predicted octanol–water partition coefficient (Wildman–Crippen LogP) is 4.74. The summed E-state index contributed by atoms with van der Waals surface area (Å²) in [4.78, 5) is 12.2. The summed E-state index contributed by atoms with van der Waals surface area (Å²) in [7, 11) is -4.09. The van der Waals surface area contributed by atoms with Crippen LogP contribution in [0.3, 0.4) is 0 Å². The molecule has 30 heavy (non-hydrogen) atoms. The molecule has 0 bridgehead atoms. The van der Waals surface area contributed by atoms with E-state index in [0.29, 0.717) is 11.6 Å². The van der Waals surface area contributed by atoms with E-state index in [0.717, 1.165) is 11.6 Å². The van der Waals surface area contributed by atoms with Gasteiger partial charge in [0.05, 0.1) is 5.69 Å². The summed E-state index contributed by atoms with van der Waals surface area (Å²) in [5.41, 5.74) is 0.761. The molecular formula is C21H16F3NO4S. The number of anilines is 1. The van der Waals surface area contributed by atoms with Crippen LogP contribution in [0.5, 0.6) is 5.75 Å². The van der Waals surface area contributed by atoms with Crippen molar-refractivity contribution in [1.82, 2.24) is 0 Å². The van der Waals surface area contributed by atoms with Crippen LogP contribution < -0.4 is 9.50 Å². The molecule has 0 unspecified atom stereocenters. The van der Waals surface area contributed by atoms with Crippen molar-refractivity contribution >= 4 is 21.7 Å². The minimum Gasteiger partial charge on any atom is -0.379 e. The molecule has 3 aromatic rings. The van der Waals surface area contributed by atoms with E-state index in [2.05, 4.69) is 5.32 Å². The van der Waals surface area contributed by atoms with Gasteiger partial charge in [0, 0.05) is 5.56 Å². The van der Waals surface area contributed by atoms with Gasteiger partial charge in [-0.25, -0.2) is 13.2 Å². The van der Waals surface area contributed by atoms with Crippen molar-refractivity contribution in [3.63, 3.8) is 0 Å². The van der Waals surface area contributed by atoms with Gasteiger partial charge in [-0.3, -0.25) is 4.79 Å². The Bertz CT molecular complexity index is 1230. The molecule has 9 heteroatoms. The highest BCUT2D eigenvalue weighted by molar-refractivity contribution is 7.87. The van der Waals surface area contributed by atoms with Crippen molar-refractivity contribution in [3.05, 3.63) is 88.7 Å². The van der Waals surface area contributed by atoms with Crippen molar-refractivity contribution in [2.45, 2.75) is 18.7 Å². The molecule has 0 radical (unpaired) electrons. The Morgan fingerprint density at radius 3 is 2.23 bits per heavy atom. The molecule has 5 nitrogen and oxygen atoms in total. The zero-order valence-corrected chi connectivity index (χ0v) is 16.7. The average Bonchev–Trinajstić information content (AvgIpc) is 2.70. The van der Waals surface area contributed by atoms with E-state index in [-0.39, 0.29) is 16.2 Å². The molecule has 0 atom stereocenters. The van der Waals surface area contributed by atoms with Crippen LogP contribution in [0.4, 0.5) is 18.9 Å². The number of nitrogens with one attached hydrogen (secondary N) is 1. The zero-order valence-electron chi connectivity index (χ0n) is 15.9. The fraction of sp³-hybridized carbons (Fsp3) is 0.0952. The second-order valence-corrected chi connectivity index (χ2v) is 8.02. The third-order valence-corrected chi connectivity index (χ3v) is 5.61. The summed E-state index contributed by atoms with van der Waals surface area (Å²) in [6.07, 6.45) is 0. The number of carbonyl (C=O) groups excluding carboxylic acids is 1. The van der Waals surface area contributed by atoms with E-state index in [4.69, 9.17) is 4.18 Å². The summed E-state index contributed by atoms with van der Waals surface area (Å²) in [5.74, 6) is -5.44. The molecule has 1 N–H and O–H groups in total. The maximum Gasteiger partial charge on any atom is 0.339 e. The standard InChI is InChI=1S/C21H16F3NO4S/c1-12-3-4-13(2)18(11-12)30(27,28)29-15-7-5-14(6-8-15)21(26)25-17-10-9-16(22)19(23)20(17)24/h3-11H,1-2H3,(H,25,26). The molecule has 0 saturated carbocycles. The minimum atomic E-state index is -4.09. The average molecular weight is 435 g/mol. The molecule has 0 aromatic heterocycles. The van der Waals surface area contributed by atoms with Gasteiger partial charge in [0.15, 0.2) is 17.5 Å². The van der Waals surface area contributed by atoms with Crippen LogP contribution in [0, 0.1) is 31.3 Å². The maximum absolute atomic E-state index is 13.7. The van der Waals surface area contributed by atoms with Crippen LogP contribution >= 0.6 is 0 Å². The molecular weight excluding hydrogens is 419 g/mol. The minimum absolute atomic E-state index is 0.0237. The molecule has 0 fully saturated rings. The monoisotopic (exact) mass is 435 g/mol. The summed E-state index contributed by atoms with van der Waals surface area (Å²) >= 11 is 0. The largest absolute Gasteiger partial charge is 0.379 e. The molecule has 0 heterocycles. The van der Waals surface area contributed by atoms with Crippen LogP contribution in [-0.4, -0.2) is 14.3 Å². The Morgan fingerprint density at radius 1 is 0.900 bits per heavy atom. The Labute approximate surface area is 171 Å². The van der Waals surface area contributed by atoms with Gasteiger partial charge in [-0.05, 0) is 67.4 Å². The van der Waals surface area contributed by atoms with Crippen LogP contribution in [0.15, 0.2) is 59.5 Å². The van der Waals surface area contributed by atoms with Crippen molar-refractivity contribution in [3.8, 4) is 5.75 Å². The van der Waals surface area contributed by atoms with Crippen molar-refractivity contribution < 1.29 is 30.6 Å². The second-order valence-electron chi connectivity index (χ2n) is 6.51. The normalized spacial score (nSPS) is 11.2. The van der Waals surface area contributed by atoms with Gasteiger partial charge in [-0.2, -0.15) is 8.42 Å². The zero-order chi connectivity index (χ0) is 22.1. The molecule has 0 aliphatic heterocycles. The first-order chi connectivity index (χ1) is 14.1. The molecule has 0 aliphatic rings. The third-order valence-electron chi connectivity index (χ3n) is 4.22. The van der Waals surface area contributed by atoms with Gasteiger partial charge in [-0.15, -0.1) is 0 Å². The first-order valence-corrected chi connectivity index (χ1v) is 10.1. The summed E-state index contributed by atoms with van der Waals surface area (Å²) < 4.78 is 70.1. The van der Waals surface area contributed by atoms with Gasteiger partial charge in [0.25, 0.3) is 5.91 Å². The number of carbonyl (C=O) groups is 1. The lowest BCUT2D eigenvalue weighted by atomic mass is 10.2. The van der Waals surface area contributed by atoms with Crippen molar-refractivity contribution in [2.75, 3.05) is 5.32 Å². The van der Waals surface area contributed by atoms with Crippen LogP contribution in [0.2, 0.25) is 0 Å². The first kappa shape index (κ1) is 21.4. The predicted molar refractivity (Wildman–Crippen MR) is 104 cm³/mol. The quantitative estimate of drug-likeness (QED) is 0.464. The van der Waals surface area contributed by atoms with Crippen LogP contribution in [0.1, 0.15) is 21.5 Å². The van der Waals surface area contributed by atoms with E-state index in [9.17, 15) is 26.4 Å². The number of amides is 1. The fourth-order valence-electron chi connectivity index (χ4n) is 2.63. The number of hydrogen-bond donors (Lipinski definition) is 1. The van der Waals surface area contributed by atoms with Crippen LogP contribution in [-0.2, 0) is 10.1 Å². The number of halogens is 3. The summed E-state index contributed by atoms with van der Waals surface area (Å²) in [6, 6.07) is 11.5. The van der Waals surface area contributed by atoms with E-state index in [1.54, 1.807) is 26.0 Å². The van der Waals surface area contributed by atoms with Crippen LogP contribution in [0.25, 0.3) is 0 Å². The molecule has 3 aromatic carbocycles. The molecule has 156 valence electrons. The van der Waals surface area contributed by atoms with Gasteiger partial charge < -0.3 is 9.50 Å². The van der Waals surface area contributed by atoms with Gasteiger partial charge in [-0.1, -0.05) is 12.1 Å². The Balaban J connectivity index is 1.77. The Hall–Kier alpha value is -3.33. The third kappa shape index (κ3) is 4.46. The van der Waals surface area contributed by atoms with Gasteiger partial charge >= 0.3 is 10.1 Å². The number of aryl methyl sites for hydroxylation is 2.